The van der Waals surface area contributed by atoms with Gasteiger partial charge < -0.3 is 15.2 Å². The van der Waals surface area contributed by atoms with Crippen LogP contribution in [0.4, 0.5) is 5.69 Å². The molecule has 152 valence electrons. The molecule has 0 spiro atoms. The van der Waals surface area contributed by atoms with E-state index in [9.17, 15) is 10.1 Å². The number of nitriles is 1. The first-order chi connectivity index (χ1) is 14.3. The molecule has 1 unspecified atom stereocenters. The summed E-state index contributed by atoms with van der Waals surface area (Å²) in [6.07, 6.45) is 0. The van der Waals surface area contributed by atoms with Gasteiger partial charge in [0.05, 0.1) is 17.2 Å². The minimum Gasteiger partial charge on any atom is -0.368 e. The van der Waals surface area contributed by atoms with Gasteiger partial charge in [0.2, 0.25) is 0 Å². The van der Waals surface area contributed by atoms with Gasteiger partial charge in [-0.2, -0.15) is 5.26 Å². The van der Waals surface area contributed by atoms with Crippen LogP contribution in [0.2, 0.25) is 0 Å². The second kappa shape index (κ2) is 6.45. The van der Waals surface area contributed by atoms with Crippen molar-refractivity contribution in [1.29, 1.82) is 5.26 Å². The number of ketones is 1. The van der Waals surface area contributed by atoms with E-state index in [1.54, 1.807) is 6.07 Å². The molecule has 0 radical (unpaired) electrons. The Bertz CT molecular complexity index is 1220. The Morgan fingerprint density at radius 2 is 1.83 bits per heavy atom. The average molecular weight is 399 g/mol. The van der Waals surface area contributed by atoms with Crippen LogP contribution in [0.1, 0.15) is 60.4 Å². The number of hydrogen-bond donors (Lipinski definition) is 2. The predicted octanol–water partition coefficient (Wildman–Crippen LogP) is 4.10. The van der Waals surface area contributed by atoms with Crippen molar-refractivity contribution < 1.29 is 4.79 Å². The molecule has 2 N–H and O–H groups in total. The molecule has 0 amide bonds. The van der Waals surface area contributed by atoms with Gasteiger partial charge in [0, 0.05) is 58.4 Å². The van der Waals surface area contributed by atoms with Crippen molar-refractivity contribution in [3.05, 3.63) is 64.3 Å². The molecule has 5 nitrogen and oxygen atoms in total. The third kappa shape index (κ3) is 2.68. The summed E-state index contributed by atoms with van der Waals surface area (Å²) in [6.45, 7) is 10.7. The number of nitrogens with zero attached hydrogens (tertiary/aromatic N) is 2. The molecule has 2 aromatic carbocycles. The summed E-state index contributed by atoms with van der Waals surface area (Å²) in [5, 5.41) is 13.7. The van der Waals surface area contributed by atoms with E-state index < -0.39 is 0 Å². The Kier molecular flexibility index (Phi) is 4.06. The number of carbonyl (C=O) groups is 1. The number of piperazine rings is 1. The number of nitrogens with one attached hydrogen (secondary N) is 2. The fraction of sp³-hybridized carbons (Fsp3) is 0.360. The lowest BCUT2D eigenvalue weighted by molar-refractivity contribution is 0.103. The van der Waals surface area contributed by atoms with Crippen molar-refractivity contribution in [2.75, 3.05) is 18.0 Å². The first-order valence-corrected chi connectivity index (χ1v) is 10.6. The van der Waals surface area contributed by atoms with Crippen LogP contribution in [0.15, 0.2) is 36.4 Å². The monoisotopic (exact) mass is 398 g/mol. The Morgan fingerprint density at radius 3 is 2.53 bits per heavy atom. The van der Waals surface area contributed by atoms with Crippen LogP contribution in [-0.4, -0.2) is 35.9 Å². The van der Waals surface area contributed by atoms with Gasteiger partial charge in [0.25, 0.3) is 0 Å². The molecule has 1 fully saturated rings. The summed E-state index contributed by atoms with van der Waals surface area (Å²) in [7, 11) is 0. The van der Waals surface area contributed by atoms with E-state index in [1.807, 2.05) is 18.2 Å². The first kappa shape index (κ1) is 18.9. The molecule has 3 aromatic rings. The maximum absolute atomic E-state index is 13.5. The van der Waals surface area contributed by atoms with Crippen molar-refractivity contribution in [3.63, 3.8) is 0 Å². The Hall–Kier alpha value is -3.10. The molecular formula is C25H26N4O. The van der Waals surface area contributed by atoms with Crippen molar-refractivity contribution in [2.24, 2.45) is 0 Å². The largest absolute Gasteiger partial charge is 0.368 e. The normalized spacial score (nSPS) is 22.5. The van der Waals surface area contributed by atoms with E-state index in [1.165, 1.54) is 5.69 Å². The quantitative estimate of drug-likeness (QED) is 0.647. The molecule has 1 aliphatic heterocycles. The zero-order valence-corrected chi connectivity index (χ0v) is 17.8. The van der Waals surface area contributed by atoms with E-state index in [0.717, 1.165) is 46.4 Å². The number of benzene rings is 2. The minimum atomic E-state index is -0.342. The lowest BCUT2D eigenvalue weighted by Crippen LogP contribution is -2.54. The predicted molar refractivity (Wildman–Crippen MR) is 119 cm³/mol. The molecule has 30 heavy (non-hydrogen) atoms. The summed E-state index contributed by atoms with van der Waals surface area (Å²) < 4.78 is 0. The van der Waals surface area contributed by atoms with E-state index in [4.69, 9.17) is 0 Å². The zero-order chi connectivity index (χ0) is 21.2. The molecule has 0 bridgehead atoms. The van der Waals surface area contributed by atoms with Crippen LogP contribution in [0.3, 0.4) is 0 Å². The standard InChI is InChI=1S/C25H26N4O/c1-14-12-29(13-15(2)27-14)17-6-8-18-20(10-17)25(3,4)24-22(23(18)30)19-7-5-16(11-26)9-21(19)28-24/h5-10,14-15,27-28H,12-13H2,1-4H3/t14-,15?/m0/s1. The third-order valence-corrected chi connectivity index (χ3v) is 6.62. The van der Waals surface area contributed by atoms with Crippen molar-refractivity contribution in [2.45, 2.75) is 45.2 Å². The molecule has 2 aliphatic rings. The van der Waals surface area contributed by atoms with Crippen molar-refractivity contribution in [3.8, 4) is 6.07 Å². The molecule has 1 aromatic heterocycles. The minimum absolute atomic E-state index is 0.0591. The van der Waals surface area contributed by atoms with Crippen LogP contribution in [0.25, 0.3) is 10.9 Å². The highest BCUT2D eigenvalue weighted by Crippen LogP contribution is 2.44. The SMILES string of the molecule is CC1CN(c2ccc3c(c2)C(C)(C)c2[nH]c4cc(C#N)ccc4c2C3=O)C[C@H](C)N1. The van der Waals surface area contributed by atoms with Gasteiger partial charge >= 0.3 is 0 Å². The van der Waals surface area contributed by atoms with E-state index >= 15 is 0 Å². The average Bonchev–Trinajstić information content (AvgIpc) is 3.11. The van der Waals surface area contributed by atoms with E-state index in [-0.39, 0.29) is 11.2 Å². The number of hydrogen-bond acceptors (Lipinski definition) is 4. The maximum Gasteiger partial charge on any atom is 0.195 e. The fourth-order valence-corrected chi connectivity index (χ4v) is 5.22. The number of rotatable bonds is 1. The molecular weight excluding hydrogens is 372 g/mol. The Labute approximate surface area is 176 Å². The number of carbonyl (C=O) groups excluding carboxylic acids is 1. The Balaban J connectivity index is 1.65. The summed E-state index contributed by atoms with van der Waals surface area (Å²) in [6, 6.07) is 14.8. The molecule has 1 aliphatic carbocycles. The second-order valence-electron chi connectivity index (χ2n) is 9.30. The van der Waals surface area contributed by atoms with Gasteiger partial charge in [-0.05, 0) is 49.7 Å². The highest BCUT2D eigenvalue weighted by atomic mass is 16.1. The van der Waals surface area contributed by atoms with Gasteiger partial charge in [0.15, 0.2) is 5.78 Å². The van der Waals surface area contributed by atoms with E-state index in [2.05, 4.69) is 61.1 Å². The smallest absolute Gasteiger partial charge is 0.195 e. The van der Waals surface area contributed by atoms with Gasteiger partial charge in [-0.3, -0.25) is 4.79 Å². The van der Waals surface area contributed by atoms with Gasteiger partial charge in [0.1, 0.15) is 0 Å². The lowest BCUT2D eigenvalue weighted by atomic mass is 9.71. The molecule has 5 heteroatoms. The fourth-order valence-electron chi connectivity index (χ4n) is 5.22. The van der Waals surface area contributed by atoms with Crippen LogP contribution in [-0.2, 0) is 5.41 Å². The lowest BCUT2D eigenvalue weighted by Gasteiger charge is -2.39. The highest BCUT2D eigenvalue weighted by Gasteiger charge is 2.40. The van der Waals surface area contributed by atoms with Crippen LogP contribution in [0.5, 0.6) is 0 Å². The molecule has 1 saturated heterocycles. The second-order valence-corrected chi connectivity index (χ2v) is 9.30. The maximum atomic E-state index is 13.5. The van der Waals surface area contributed by atoms with Crippen LogP contribution in [0, 0.1) is 11.3 Å². The number of fused-ring (bicyclic) bond motifs is 4. The summed E-state index contributed by atoms with van der Waals surface area (Å²) in [5.74, 6) is 0.0591. The molecule has 5 rings (SSSR count). The van der Waals surface area contributed by atoms with Gasteiger partial charge in [-0.25, -0.2) is 0 Å². The molecule has 0 saturated carbocycles. The summed E-state index contributed by atoms with van der Waals surface area (Å²) in [5.41, 5.74) is 5.77. The number of anilines is 1. The summed E-state index contributed by atoms with van der Waals surface area (Å²) >= 11 is 0. The van der Waals surface area contributed by atoms with Gasteiger partial charge in [-0.15, -0.1) is 0 Å². The number of aromatic amines is 1. The van der Waals surface area contributed by atoms with Crippen LogP contribution < -0.4 is 10.2 Å². The number of H-pyrrole nitrogens is 1. The van der Waals surface area contributed by atoms with Crippen LogP contribution >= 0.6 is 0 Å². The Morgan fingerprint density at radius 1 is 1.10 bits per heavy atom. The molecule has 2 atom stereocenters. The van der Waals surface area contributed by atoms with Gasteiger partial charge in [-0.1, -0.05) is 19.9 Å². The summed E-state index contributed by atoms with van der Waals surface area (Å²) in [4.78, 5) is 19.4. The number of aromatic nitrogens is 1. The zero-order valence-electron chi connectivity index (χ0n) is 17.8. The third-order valence-electron chi connectivity index (χ3n) is 6.62. The van der Waals surface area contributed by atoms with E-state index in [0.29, 0.717) is 17.6 Å². The molecule has 2 heterocycles. The highest BCUT2D eigenvalue weighted by molar-refractivity contribution is 6.20. The van der Waals surface area contributed by atoms with Crippen molar-refractivity contribution in [1.82, 2.24) is 10.3 Å². The van der Waals surface area contributed by atoms with Crippen molar-refractivity contribution >= 4 is 22.4 Å². The first-order valence-electron chi connectivity index (χ1n) is 10.6. The topological polar surface area (TPSA) is 71.9 Å².